The van der Waals surface area contributed by atoms with Crippen molar-refractivity contribution >= 4 is 23.3 Å². The number of benzene rings is 3. The molecule has 3 aromatic rings. The maximum atomic E-state index is 14.2. The van der Waals surface area contributed by atoms with Crippen molar-refractivity contribution in [3.63, 3.8) is 0 Å². The maximum Gasteiger partial charge on any atom is 0.239 e. The second kappa shape index (κ2) is 7.13. The monoisotopic (exact) mass is 451 g/mol. The highest BCUT2D eigenvalue weighted by molar-refractivity contribution is 6.24. The van der Waals surface area contributed by atoms with Crippen LogP contribution in [0.25, 0.3) is 0 Å². The quantitative estimate of drug-likeness (QED) is 0.420. The molecule has 0 saturated carbocycles. The first kappa shape index (κ1) is 20.8. The number of carbonyl (C=O) groups is 3. The molecule has 0 spiro atoms. The van der Waals surface area contributed by atoms with Gasteiger partial charge in [-0.3, -0.25) is 14.4 Å². The molecule has 4 aliphatic rings. The molecule has 3 aromatic carbocycles. The van der Waals surface area contributed by atoms with E-state index in [1.54, 1.807) is 18.2 Å². The molecule has 0 aromatic heterocycles. The van der Waals surface area contributed by atoms with Crippen molar-refractivity contribution in [1.82, 2.24) is 0 Å². The number of ketones is 1. The smallest absolute Gasteiger partial charge is 0.239 e. The summed E-state index contributed by atoms with van der Waals surface area (Å²) in [4.78, 5) is 41.8. The molecule has 1 heterocycles. The molecular formula is C29H25NO4. The molecule has 5 nitrogen and oxygen atoms in total. The second-order valence-corrected chi connectivity index (χ2v) is 9.44. The number of anilines is 1. The highest BCUT2D eigenvalue weighted by Crippen LogP contribution is 2.65. The average molecular weight is 452 g/mol. The van der Waals surface area contributed by atoms with Gasteiger partial charge in [-0.15, -0.1) is 0 Å². The lowest BCUT2D eigenvalue weighted by molar-refractivity contribution is -0.123. The normalized spacial score (nSPS) is 26.2. The lowest BCUT2D eigenvalue weighted by Gasteiger charge is -2.54. The standard InChI is InChI=1S/C29H25NO4/c1-4-29-20-11-7-5-9-18(20)24(19-10-6-8-12-21(19)29)25-26(29)28(33)30(27(25)32)22-15-17(16(2)31)13-14-23(22)34-3/h5-15,24-26H,4H2,1-3H3. The van der Waals surface area contributed by atoms with Crippen LogP contribution in [0.1, 0.15) is 58.8 Å². The molecule has 1 fully saturated rings. The van der Waals surface area contributed by atoms with Gasteiger partial charge in [0.05, 0.1) is 24.6 Å². The van der Waals surface area contributed by atoms with Gasteiger partial charge in [0.2, 0.25) is 11.8 Å². The summed E-state index contributed by atoms with van der Waals surface area (Å²) in [5, 5.41) is 0. The summed E-state index contributed by atoms with van der Waals surface area (Å²) in [6.07, 6.45) is 0.701. The van der Waals surface area contributed by atoms with E-state index in [1.807, 2.05) is 24.3 Å². The molecule has 2 unspecified atom stereocenters. The lowest BCUT2D eigenvalue weighted by atomic mass is 9.46. The molecule has 3 aliphatic carbocycles. The molecule has 0 radical (unpaired) electrons. The van der Waals surface area contributed by atoms with Crippen LogP contribution < -0.4 is 9.64 Å². The van der Waals surface area contributed by atoms with Crippen LogP contribution in [0.3, 0.4) is 0 Å². The van der Waals surface area contributed by atoms with Gasteiger partial charge in [0.1, 0.15) is 5.75 Å². The van der Waals surface area contributed by atoms with Crippen LogP contribution in [0.5, 0.6) is 5.75 Å². The number of hydrogen-bond acceptors (Lipinski definition) is 4. The molecule has 170 valence electrons. The first-order chi connectivity index (χ1) is 16.5. The summed E-state index contributed by atoms with van der Waals surface area (Å²) in [5.41, 5.74) is 4.77. The first-order valence-electron chi connectivity index (χ1n) is 11.7. The lowest BCUT2D eigenvalue weighted by Crippen LogP contribution is -2.53. The maximum absolute atomic E-state index is 14.2. The minimum Gasteiger partial charge on any atom is -0.495 e. The van der Waals surface area contributed by atoms with Crippen LogP contribution in [-0.2, 0) is 15.0 Å². The SMILES string of the molecule is CCC12c3ccccc3C(c3ccccc31)C1C(=O)N(c3cc(C(C)=O)ccc3OC)C(=O)C12. The number of nitrogens with zero attached hydrogens (tertiary/aromatic N) is 1. The molecule has 0 N–H and O–H groups in total. The van der Waals surface area contributed by atoms with E-state index in [0.29, 0.717) is 23.4 Å². The summed E-state index contributed by atoms with van der Waals surface area (Å²) in [6.45, 7) is 3.58. The van der Waals surface area contributed by atoms with Gasteiger partial charge in [-0.05, 0) is 53.8 Å². The topological polar surface area (TPSA) is 63.7 Å². The van der Waals surface area contributed by atoms with Crippen molar-refractivity contribution in [3.8, 4) is 5.75 Å². The Morgan fingerprint density at radius 1 is 0.941 bits per heavy atom. The van der Waals surface area contributed by atoms with E-state index >= 15 is 0 Å². The number of carbonyl (C=O) groups excluding carboxylic acids is 3. The Morgan fingerprint density at radius 2 is 1.56 bits per heavy atom. The molecule has 2 amide bonds. The van der Waals surface area contributed by atoms with Crippen LogP contribution in [0.4, 0.5) is 5.69 Å². The average Bonchev–Trinajstić information content (AvgIpc) is 3.14. The van der Waals surface area contributed by atoms with Gasteiger partial charge in [-0.1, -0.05) is 55.5 Å². The van der Waals surface area contributed by atoms with E-state index in [1.165, 1.54) is 18.9 Å². The number of methoxy groups -OCH3 is 1. The number of ether oxygens (including phenoxy) is 1. The molecule has 1 aliphatic heterocycles. The fraction of sp³-hybridized carbons (Fsp3) is 0.276. The Balaban J connectivity index is 1.62. The van der Waals surface area contributed by atoms with E-state index in [2.05, 4.69) is 31.2 Å². The Morgan fingerprint density at radius 3 is 2.12 bits per heavy atom. The Kier molecular flexibility index (Phi) is 4.37. The van der Waals surface area contributed by atoms with Gasteiger partial charge in [-0.2, -0.15) is 0 Å². The third kappa shape index (κ3) is 2.37. The highest BCUT2D eigenvalue weighted by atomic mass is 16.5. The minimum atomic E-state index is -0.584. The van der Waals surface area contributed by atoms with Gasteiger partial charge in [0, 0.05) is 16.9 Å². The largest absolute Gasteiger partial charge is 0.495 e. The fourth-order valence-electron chi connectivity index (χ4n) is 6.85. The first-order valence-corrected chi connectivity index (χ1v) is 11.7. The molecular weight excluding hydrogens is 426 g/mol. The third-order valence-corrected chi connectivity index (χ3v) is 8.18. The molecule has 1 saturated heterocycles. The predicted molar refractivity (Wildman–Crippen MR) is 128 cm³/mol. The molecule has 2 atom stereocenters. The number of hydrogen-bond donors (Lipinski definition) is 0. The number of Topliss-reactive ketones (excluding diaryl/α,β-unsaturated/α-hetero) is 1. The number of amides is 2. The third-order valence-electron chi connectivity index (χ3n) is 8.18. The van der Waals surface area contributed by atoms with Crippen LogP contribution in [0.15, 0.2) is 66.7 Å². The highest BCUT2D eigenvalue weighted by Gasteiger charge is 2.67. The second-order valence-electron chi connectivity index (χ2n) is 9.44. The Hall–Kier alpha value is -3.73. The number of imide groups is 1. The summed E-state index contributed by atoms with van der Waals surface area (Å²) >= 11 is 0. The number of rotatable bonds is 4. The van der Waals surface area contributed by atoms with Crippen molar-refractivity contribution in [3.05, 3.63) is 94.5 Å². The molecule has 5 heteroatoms. The van der Waals surface area contributed by atoms with E-state index < -0.39 is 17.3 Å². The van der Waals surface area contributed by atoms with E-state index in [4.69, 9.17) is 4.74 Å². The summed E-state index contributed by atoms with van der Waals surface area (Å²) < 4.78 is 5.53. The van der Waals surface area contributed by atoms with Gasteiger partial charge in [0.15, 0.2) is 5.78 Å². The fourth-order valence-corrected chi connectivity index (χ4v) is 6.85. The van der Waals surface area contributed by atoms with Crippen LogP contribution >= 0.6 is 0 Å². The van der Waals surface area contributed by atoms with Gasteiger partial charge in [-0.25, -0.2) is 4.90 Å². The van der Waals surface area contributed by atoms with Gasteiger partial charge < -0.3 is 4.74 Å². The van der Waals surface area contributed by atoms with Gasteiger partial charge in [0.25, 0.3) is 0 Å². The summed E-state index contributed by atoms with van der Waals surface area (Å²) in [7, 11) is 1.51. The zero-order chi connectivity index (χ0) is 23.8. The van der Waals surface area contributed by atoms with Crippen molar-refractivity contribution in [2.24, 2.45) is 11.8 Å². The molecule has 2 bridgehead atoms. The van der Waals surface area contributed by atoms with Crippen LogP contribution in [0, 0.1) is 11.8 Å². The van der Waals surface area contributed by atoms with E-state index in [-0.39, 0.29) is 23.5 Å². The molecule has 34 heavy (non-hydrogen) atoms. The van der Waals surface area contributed by atoms with Crippen molar-refractivity contribution in [2.45, 2.75) is 31.6 Å². The van der Waals surface area contributed by atoms with Gasteiger partial charge >= 0.3 is 0 Å². The van der Waals surface area contributed by atoms with E-state index in [0.717, 1.165) is 22.3 Å². The van der Waals surface area contributed by atoms with Crippen LogP contribution in [-0.4, -0.2) is 24.7 Å². The zero-order valence-corrected chi connectivity index (χ0v) is 19.4. The summed E-state index contributed by atoms with van der Waals surface area (Å²) in [6, 6.07) is 21.4. The minimum absolute atomic E-state index is 0.134. The molecule has 7 rings (SSSR count). The van der Waals surface area contributed by atoms with Crippen LogP contribution in [0.2, 0.25) is 0 Å². The van der Waals surface area contributed by atoms with E-state index in [9.17, 15) is 14.4 Å². The summed E-state index contributed by atoms with van der Waals surface area (Å²) in [5.74, 6) is -1.36. The van der Waals surface area contributed by atoms with Crippen molar-refractivity contribution in [2.75, 3.05) is 12.0 Å². The zero-order valence-electron chi connectivity index (χ0n) is 19.4. The predicted octanol–water partition coefficient (Wildman–Crippen LogP) is 4.86. The van der Waals surface area contributed by atoms with Crippen molar-refractivity contribution < 1.29 is 19.1 Å². The van der Waals surface area contributed by atoms with Crippen molar-refractivity contribution in [1.29, 1.82) is 0 Å². The Bertz CT molecular complexity index is 1340. The Labute approximate surface area is 198 Å².